The molecule has 0 bridgehead atoms. The molecule has 1 unspecified atom stereocenters. The second-order valence-corrected chi connectivity index (χ2v) is 4.10. The zero-order chi connectivity index (χ0) is 12.1. The van der Waals surface area contributed by atoms with E-state index in [9.17, 15) is 4.79 Å². The molecule has 0 saturated carbocycles. The molecule has 3 nitrogen and oxygen atoms in total. The average Bonchev–Trinajstić information content (AvgIpc) is 2.28. The van der Waals surface area contributed by atoms with Gasteiger partial charge in [-0.1, -0.05) is 26.0 Å². The molecule has 0 fully saturated rings. The van der Waals surface area contributed by atoms with Gasteiger partial charge in [0.1, 0.15) is 6.04 Å². The Bertz CT molecular complexity index is 401. The molecule has 0 aliphatic carbocycles. The lowest BCUT2D eigenvalue weighted by Crippen LogP contribution is -2.31. The second kappa shape index (κ2) is 5.32. The molecule has 84 valence electrons. The van der Waals surface area contributed by atoms with Crippen LogP contribution in [-0.4, -0.2) is 11.9 Å². The summed E-state index contributed by atoms with van der Waals surface area (Å²) >= 11 is 0. The Labute approximate surface area is 96.1 Å². The van der Waals surface area contributed by atoms with Crippen molar-refractivity contribution < 1.29 is 4.79 Å². The van der Waals surface area contributed by atoms with Crippen molar-refractivity contribution in [2.24, 2.45) is 0 Å². The van der Waals surface area contributed by atoms with Gasteiger partial charge in [0.2, 0.25) is 0 Å². The minimum absolute atomic E-state index is 0.204. The van der Waals surface area contributed by atoms with E-state index in [0.717, 1.165) is 0 Å². The van der Waals surface area contributed by atoms with Crippen LogP contribution in [0.4, 0.5) is 0 Å². The number of carbonyl (C=O) groups excluding carboxylic acids is 1. The molecule has 0 heterocycles. The fourth-order valence-electron chi connectivity index (χ4n) is 1.33. The molecule has 1 N–H and O–H groups in total. The molecule has 16 heavy (non-hydrogen) atoms. The van der Waals surface area contributed by atoms with E-state index < -0.39 is 6.04 Å². The summed E-state index contributed by atoms with van der Waals surface area (Å²) in [6, 6.07) is 8.96. The Morgan fingerprint density at radius 1 is 1.25 bits per heavy atom. The van der Waals surface area contributed by atoms with Crippen LogP contribution in [0.2, 0.25) is 0 Å². The van der Waals surface area contributed by atoms with Crippen LogP contribution in [-0.2, 0) is 0 Å². The summed E-state index contributed by atoms with van der Waals surface area (Å²) < 4.78 is 0. The predicted octanol–water partition coefficient (Wildman–Crippen LogP) is 2.45. The highest BCUT2D eigenvalue weighted by molar-refractivity contribution is 5.94. The Balaban J connectivity index is 2.75. The van der Waals surface area contributed by atoms with Crippen LogP contribution in [0.15, 0.2) is 24.3 Å². The first-order chi connectivity index (χ1) is 7.54. The van der Waals surface area contributed by atoms with Crippen LogP contribution in [0.3, 0.4) is 0 Å². The van der Waals surface area contributed by atoms with E-state index in [0.29, 0.717) is 11.5 Å². The molecule has 0 spiro atoms. The maximum absolute atomic E-state index is 11.6. The van der Waals surface area contributed by atoms with E-state index in [2.05, 4.69) is 19.2 Å². The number of hydrogen-bond acceptors (Lipinski definition) is 2. The van der Waals surface area contributed by atoms with Crippen LogP contribution in [0.25, 0.3) is 0 Å². The molecule has 0 aliphatic heterocycles. The van der Waals surface area contributed by atoms with Gasteiger partial charge in [0.05, 0.1) is 6.07 Å². The van der Waals surface area contributed by atoms with Crippen molar-refractivity contribution >= 4 is 5.91 Å². The van der Waals surface area contributed by atoms with Crippen molar-refractivity contribution in [2.75, 3.05) is 0 Å². The van der Waals surface area contributed by atoms with E-state index in [1.54, 1.807) is 19.1 Å². The van der Waals surface area contributed by atoms with Gasteiger partial charge >= 0.3 is 0 Å². The number of nitrogens with one attached hydrogen (secondary N) is 1. The monoisotopic (exact) mass is 216 g/mol. The third-order valence-corrected chi connectivity index (χ3v) is 2.38. The Morgan fingerprint density at radius 3 is 2.25 bits per heavy atom. The maximum Gasteiger partial charge on any atom is 0.252 e. The van der Waals surface area contributed by atoms with Gasteiger partial charge in [0, 0.05) is 5.56 Å². The molecule has 1 aromatic rings. The maximum atomic E-state index is 11.6. The SMILES string of the molecule is CC(C#N)NC(=O)c1ccc(C(C)C)cc1. The summed E-state index contributed by atoms with van der Waals surface area (Å²) in [7, 11) is 0. The molecule has 1 amide bonds. The Hall–Kier alpha value is -1.82. The molecule has 1 rings (SSSR count). The number of amides is 1. The van der Waals surface area contributed by atoms with Crippen molar-refractivity contribution in [3.8, 4) is 6.07 Å². The molecule has 0 radical (unpaired) electrons. The second-order valence-electron chi connectivity index (χ2n) is 4.10. The van der Waals surface area contributed by atoms with Gasteiger partial charge in [-0.15, -0.1) is 0 Å². The standard InChI is InChI=1S/C13H16N2O/c1-9(2)11-4-6-12(7-5-11)13(16)15-10(3)8-14/h4-7,9-10H,1-3H3,(H,15,16). The summed E-state index contributed by atoms with van der Waals surface area (Å²) in [5.74, 6) is 0.250. The predicted molar refractivity (Wildman–Crippen MR) is 63.1 cm³/mol. The zero-order valence-electron chi connectivity index (χ0n) is 9.82. The van der Waals surface area contributed by atoms with Gasteiger partial charge in [-0.2, -0.15) is 5.26 Å². The van der Waals surface area contributed by atoms with Crippen LogP contribution in [0.1, 0.15) is 42.6 Å². The molecule has 0 aromatic heterocycles. The molecule has 0 saturated heterocycles. The first-order valence-electron chi connectivity index (χ1n) is 5.35. The average molecular weight is 216 g/mol. The molecular formula is C13H16N2O. The van der Waals surface area contributed by atoms with Gasteiger partial charge < -0.3 is 5.32 Å². The van der Waals surface area contributed by atoms with Crippen molar-refractivity contribution in [3.63, 3.8) is 0 Å². The first kappa shape index (κ1) is 12.3. The molecule has 1 aromatic carbocycles. The van der Waals surface area contributed by atoms with Crippen molar-refractivity contribution in [1.82, 2.24) is 5.32 Å². The van der Waals surface area contributed by atoms with Gasteiger partial charge in [-0.25, -0.2) is 0 Å². The number of nitrogens with zero attached hydrogens (tertiary/aromatic N) is 1. The highest BCUT2D eigenvalue weighted by Crippen LogP contribution is 2.14. The van der Waals surface area contributed by atoms with E-state index in [1.165, 1.54) is 5.56 Å². The number of benzene rings is 1. The minimum Gasteiger partial charge on any atom is -0.337 e. The zero-order valence-corrected chi connectivity index (χ0v) is 9.82. The summed E-state index contributed by atoms with van der Waals surface area (Å²) in [6.07, 6.45) is 0. The lowest BCUT2D eigenvalue weighted by Gasteiger charge is -2.08. The lowest BCUT2D eigenvalue weighted by atomic mass is 10.0. The highest BCUT2D eigenvalue weighted by atomic mass is 16.1. The van der Waals surface area contributed by atoms with Crippen LogP contribution < -0.4 is 5.32 Å². The fraction of sp³-hybridized carbons (Fsp3) is 0.385. The number of carbonyl (C=O) groups is 1. The minimum atomic E-state index is -0.461. The third kappa shape index (κ3) is 3.09. The van der Waals surface area contributed by atoms with Crippen LogP contribution in [0.5, 0.6) is 0 Å². The summed E-state index contributed by atoms with van der Waals surface area (Å²) in [5.41, 5.74) is 1.79. The van der Waals surface area contributed by atoms with Crippen LogP contribution >= 0.6 is 0 Å². The van der Waals surface area contributed by atoms with E-state index in [-0.39, 0.29) is 5.91 Å². The largest absolute Gasteiger partial charge is 0.337 e. The van der Waals surface area contributed by atoms with Gasteiger partial charge in [0.25, 0.3) is 5.91 Å². The summed E-state index contributed by atoms with van der Waals surface area (Å²) in [4.78, 5) is 11.6. The molecule has 3 heteroatoms. The smallest absolute Gasteiger partial charge is 0.252 e. The highest BCUT2D eigenvalue weighted by Gasteiger charge is 2.08. The topological polar surface area (TPSA) is 52.9 Å². The van der Waals surface area contributed by atoms with Crippen LogP contribution in [0, 0.1) is 11.3 Å². The molecule has 0 aliphatic rings. The Morgan fingerprint density at radius 2 is 1.81 bits per heavy atom. The van der Waals surface area contributed by atoms with E-state index >= 15 is 0 Å². The molecular weight excluding hydrogens is 200 g/mol. The number of hydrogen-bond donors (Lipinski definition) is 1. The fourth-order valence-corrected chi connectivity index (χ4v) is 1.33. The quantitative estimate of drug-likeness (QED) is 0.843. The van der Waals surface area contributed by atoms with E-state index in [1.807, 2.05) is 18.2 Å². The Kier molecular flexibility index (Phi) is 4.07. The lowest BCUT2D eigenvalue weighted by molar-refractivity contribution is 0.0948. The third-order valence-electron chi connectivity index (χ3n) is 2.38. The van der Waals surface area contributed by atoms with E-state index in [4.69, 9.17) is 5.26 Å². The van der Waals surface area contributed by atoms with Crippen molar-refractivity contribution in [2.45, 2.75) is 32.7 Å². The van der Waals surface area contributed by atoms with Crippen molar-refractivity contribution in [1.29, 1.82) is 5.26 Å². The summed E-state index contributed by atoms with van der Waals surface area (Å²) in [6.45, 7) is 5.86. The van der Waals surface area contributed by atoms with Gasteiger partial charge in [0.15, 0.2) is 0 Å². The summed E-state index contributed by atoms with van der Waals surface area (Å²) in [5, 5.41) is 11.2. The van der Waals surface area contributed by atoms with Gasteiger partial charge in [-0.05, 0) is 30.5 Å². The first-order valence-corrected chi connectivity index (χ1v) is 5.35. The number of rotatable bonds is 3. The van der Waals surface area contributed by atoms with Crippen molar-refractivity contribution in [3.05, 3.63) is 35.4 Å². The normalized spacial score (nSPS) is 11.9. The number of nitriles is 1. The van der Waals surface area contributed by atoms with Gasteiger partial charge in [-0.3, -0.25) is 4.79 Å². The molecule has 1 atom stereocenters.